The first-order valence-electron chi connectivity index (χ1n) is 6.51. The van der Waals surface area contributed by atoms with Gasteiger partial charge in [0.15, 0.2) is 0 Å². The van der Waals surface area contributed by atoms with Gasteiger partial charge in [0.25, 0.3) is 5.76 Å². The number of thioether (sulfide) groups is 1. The molecule has 2 aromatic rings. The third kappa shape index (κ3) is 5.02. The molecular formula is C15H16ClF2NOS. The van der Waals surface area contributed by atoms with Gasteiger partial charge in [0.2, 0.25) is 0 Å². The van der Waals surface area contributed by atoms with Gasteiger partial charge in [-0.2, -0.15) is 8.78 Å². The number of rotatable bonds is 7. The molecule has 0 amide bonds. The standard InChI is InChI=1S/C15H16ClF2NOS/c1-10(13-4-2-3-5-14(13)16)19-8-11-6-7-12(20-11)9-21-15(17)18/h2-7,10,15,19H,8-9H2,1H3. The fourth-order valence-electron chi connectivity index (χ4n) is 1.93. The largest absolute Gasteiger partial charge is 0.464 e. The van der Waals surface area contributed by atoms with Gasteiger partial charge >= 0.3 is 0 Å². The van der Waals surface area contributed by atoms with Gasteiger partial charge < -0.3 is 9.73 Å². The summed E-state index contributed by atoms with van der Waals surface area (Å²) in [5.41, 5.74) is 1.01. The second-order valence-electron chi connectivity index (χ2n) is 4.56. The zero-order chi connectivity index (χ0) is 15.2. The lowest BCUT2D eigenvalue weighted by atomic mass is 10.1. The van der Waals surface area contributed by atoms with Gasteiger partial charge in [0, 0.05) is 11.1 Å². The van der Waals surface area contributed by atoms with E-state index in [9.17, 15) is 8.78 Å². The van der Waals surface area contributed by atoms with E-state index < -0.39 is 5.76 Å². The molecule has 0 aliphatic rings. The molecule has 0 aliphatic carbocycles. The summed E-state index contributed by atoms with van der Waals surface area (Å²) in [5, 5.41) is 4.01. The Morgan fingerprint density at radius 2 is 1.90 bits per heavy atom. The molecule has 0 spiro atoms. The van der Waals surface area contributed by atoms with Crippen molar-refractivity contribution in [3.8, 4) is 0 Å². The second-order valence-corrected chi connectivity index (χ2v) is 5.95. The van der Waals surface area contributed by atoms with Crippen molar-refractivity contribution in [1.29, 1.82) is 0 Å². The lowest BCUT2D eigenvalue weighted by Gasteiger charge is -2.14. The van der Waals surface area contributed by atoms with Gasteiger partial charge in [-0.3, -0.25) is 0 Å². The highest BCUT2D eigenvalue weighted by Crippen LogP contribution is 2.24. The Morgan fingerprint density at radius 1 is 1.19 bits per heavy atom. The second kappa shape index (κ2) is 7.82. The van der Waals surface area contributed by atoms with Crippen LogP contribution in [-0.2, 0) is 12.3 Å². The van der Waals surface area contributed by atoms with E-state index in [1.54, 1.807) is 12.1 Å². The highest BCUT2D eigenvalue weighted by Gasteiger charge is 2.11. The lowest BCUT2D eigenvalue weighted by molar-refractivity contribution is 0.251. The van der Waals surface area contributed by atoms with Gasteiger partial charge in [-0.1, -0.05) is 41.6 Å². The molecule has 1 unspecified atom stereocenters. The van der Waals surface area contributed by atoms with Crippen LogP contribution in [0, 0.1) is 0 Å². The van der Waals surface area contributed by atoms with Crippen LogP contribution in [0.5, 0.6) is 0 Å². The van der Waals surface area contributed by atoms with Crippen LogP contribution in [0.15, 0.2) is 40.8 Å². The molecule has 2 nitrogen and oxygen atoms in total. The molecule has 114 valence electrons. The number of hydrogen-bond acceptors (Lipinski definition) is 3. The summed E-state index contributed by atoms with van der Waals surface area (Å²) in [6.07, 6.45) is 0. The van der Waals surface area contributed by atoms with Crippen molar-refractivity contribution in [3.05, 3.63) is 58.5 Å². The monoisotopic (exact) mass is 331 g/mol. The van der Waals surface area contributed by atoms with Crippen LogP contribution in [0.4, 0.5) is 8.78 Å². The quantitative estimate of drug-likeness (QED) is 0.751. The maximum atomic E-state index is 12.1. The Hall–Kier alpha value is -1.04. The van der Waals surface area contributed by atoms with E-state index in [1.165, 1.54) is 0 Å². The smallest absolute Gasteiger partial charge is 0.284 e. The number of nitrogens with one attached hydrogen (secondary N) is 1. The molecule has 0 bridgehead atoms. The van der Waals surface area contributed by atoms with Crippen LogP contribution in [0.2, 0.25) is 5.02 Å². The molecule has 6 heteroatoms. The first-order valence-corrected chi connectivity index (χ1v) is 7.94. The van der Waals surface area contributed by atoms with Crippen LogP contribution in [0.3, 0.4) is 0 Å². The predicted molar refractivity (Wildman–Crippen MR) is 82.7 cm³/mol. The van der Waals surface area contributed by atoms with Crippen LogP contribution >= 0.6 is 23.4 Å². The average Bonchev–Trinajstić information content (AvgIpc) is 2.91. The summed E-state index contributed by atoms with van der Waals surface area (Å²) in [4.78, 5) is 0. The summed E-state index contributed by atoms with van der Waals surface area (Å²) in [6, 6.07) is 11.2. The first kappa shape index (κ1) is 16.3. The van der Waals surface area contributed by atoms with Gasteiger partial charge in [-0.05, 0) is 30.7 Å². The highest BCUT2D eigenvalue weighted by atomic mass is 35.5. The fraction of sp³-hybridized carbons (Fsp3) is 0.333. The number of halogens is 3. The first-order chi connectivity index (χ1) is 10.1. The number of benzene rings is 1. The molecule has 1 heterocycles. The van der Waals surface area contributed by atoms with Crippen LogP contribution < -0.4 is 5.32 Å². The van der Waals surface area contributed by atoms with Crippen molar-refractivity contribution < 1.29 is 13.2 Å². The minimum Gasteiger partial charge on any atom is -0.464 e. The molecule has 2 rings (SSSR count). The minimum absolute atomic E-state index is 0.0719. The number of furan rings is 1. The summed E-state index contributed by atoms with van der Waals surface area (Å²) < 4.78 is 29.7. The van der Waals surface area contributed by atoms with Crippen molar-refractivity contribution in [2.24, 2.45) is 0 Å². The van der Waals surface area contributed by atoms with E-state index in [0.29, 0.717) is 29.1 Å². The molecule has 0 saturated heterocycles. The molecule has 21 heavy (non-hydrogen) atoms. The molecule has 0 radical (unpaired) electrons. The van der Waals surface area contributed by atoms with Crippen molar-refractivity contribution >= 4 is 23.4 Å². The summed E-state index contributed by atoms with van der Waals surface area (Å²) in [5.74, 6) is -0.921. The van der Waals surface area contributed by atoms with E-state index in [2.05, 4.69) is 5.32 Å². The Bertz CT molecular complexity index is 576. The number of hydrogen-bond donors (Lipinski definition) is 1. The minimum atomic E-state index is -2.38. The Labute approximate surface area is 131 Å². The van der Waals surface area contributed by atoms with E-state index in [4.69, 9.17) is 16.0 Å². The normalized spacial score (nSPS) is 12.8. The van der Waals surface area contributed by atoms with Gasteiger partial charge in [0.05, 0.1) is 12.3 Å². The summed E-state index contributed by atoms with van der Waals surface area (Å²) >= 11 is 6.69. The van der Waals surface area contributed by atoms with Gasteiger partial charge in [0.1, 0.15) is 11.5 Å². The van der Waals surface area contributed by atoms with Gasteiger partial charge in [-0.15, -0.1) is 0 Å². The maximum Gasteiger partial charge on any atom is 0.284 e. The van der Waals surface area contributed by atoms with E-state index >= 15 is 0 Å². The Kier molecular flexibility index (Phi) is 6.08. The summed E-state index contributed by atoms with van der Waals surface area (Å²) in [7, 11) is 0. The third-order valence-electron chi connectivity index (χ3n) is 3.02. The zero-order valence-corrected chi connectivity index (χ0v) is 13.1. The highest BCUT2D eigenvalue weighted by molar-refractivity contribution is 7.98. The van der Waals surface area contributed by atoms with Crippen molar-refractivity contribution in [2.45, 2.75) is 31.0 Å². The third-order valence-corrected chi connectivity index (χ3v) is 4.07. The zero-order valence-electron chi connectivity index (χ0n) is 11.5. The molecule has 1 aromatic carbocycles. The molecule has 0 aliphatic heterocycles. The van der Waals surface area contributed by atoms with E-state index in [-0.39, 0.29) is 11.8 Å². The molecule has 0 saturated carbocycles. The molecule has 1 aromatic heterocycles. The SMILES string of the molecule is CC(NCc1ccc(CSC(F)F)o1)c1ccccc1Cl. The van der Waals surface area contributed by atoms with Crippen LogP contribution in [-0.4, -0.2) is 5.76 Å². The average molecular weight is 332 g/mol. The van der Waals surface area contributed by atoms with Crippen molar-refractivity contribution in [1.82, 2.24) is 5.32 Å². The predicted octanol–water partition coefficient (Wildman–Crippen LogP) is 5.24. The topological polar surface area (TPSA) is 25.2 Å². The molecular weight excluding hydrogens is 316 g/mol. The van der Waals surface area contributed by atoms with E-state index in [1.807, 2.05) is 31.2 Å². The Morgan fingerprint density at radius 3 is 2.62 bits per heavy atom. The van der Waals surface area contributed by atoms with Crippen LogP contribution in [0.1, 0.15) is 30.0 Å². The molecule has 1 N–H and O–H groups in total. The molecule has 1 atom stereocenters. The molecule has 0 fully saturated rings. The lowest BCUT2D eigenvalue weighted by Crippen LogP contribution is -2.18. The van der Waals surface area contributed by atoms with Crippen molar-refractivity contribution in [2.75, 3.05) is 0 Å². The maximum absolute atomic E-state index is 12.1. The van der Waals surface area contributed by atoms with Crippen molar-refractivity contribution in [3.63, 3.8) is 0 Å². The van der Waals surface area contributed by atoms with Gasteiger partial charge in [-0.25, -0.2) is 0 Å². The summed E-state index contributed by atoms with van der Waals surface area (Å²) in [6.45, 7) is 2.53. The number of alkyl halides is 2. The van der Waals surface area contributed by atoms with E-state index in [0.717, 1.165) is 11.3 Å². The fourth-order valence-corrected chi connectivity index (χ4v) is 2.67. The Balaban J connectivity index is 1.87. The van der Waals surface area contributed by atoms with Crippen LogP contribution in [0.25, 0.3) is 0 Å².